The second-order valence-electron chi connectivity index (χ2n) is 6.85. The molecule has 104 valence electrons. The molecule has 0 aromatic carbocycles. The molecule has 18 heavy (non-hydrogen) atoms. The van der Waals surface area contributed by atoms with E-state index in [2.05, 4.69) is 17.1 Å². The first-order valence-electron chi connectivity index (χ1n) is 8.34. The first kappa shape index (κ1) is 12.9. The van der Waals surface area contributed by atoms with E-state index in [-0.39, 0.29) is 0 Å². The zero-order valence-electron chi connectivity index (χ0n) is 12.0. The van der Waals surface area contributed by atoms with Gasteiger partial charge in [0.15, 0.2) is 0 Å². The molecular formula is C16H30N2. The predicted molar refractivity (Wildman–Crippen MR) is 76.7 cm³/mol. The lowest BCUT2D eigenvalue weighted by Crippen LogP contribution is -2.51. The summed E-state index contributed by atoms with van der Waals surface area (Å²) < 4.78 is 0. The largest absolute Gasteiger partial charge is 0.313 e. The molecule has 2 saturated heterocycles. The molecule has 0 bridgehead atoms. The zero-order valence-corrected chi connectivity index (χ0v) is 12.0. The van der Waals surface area contributed by atoms with Crippen molar-refractivity contribution >= 4 is 0 Å². The number of nitrogens with zero attached hydrogens (tertiary/aromatic N) is 1. The van der Waals surface area contributed by atoms with Gasteiger partial charge in [-0.2, -0.15) is 0 Å². The van der Waals surface area contributed by atoms with Gasteiger partial charge in [0.25, 0.3) is 0 Å². The van der Waals surface area contributed by atoms with Gasteiger partial charge in [0.2, 0.25) is 0 Å². The topological polar surface area (TPSA) is 15.3 Å². The predicted octanol–water partition coefficient (Wildman–Crippen LogP) is 3.03. The van der Waals surface area contributed by atoms with Crippen LogP contribution in [0.2, 0.25) is 0 Å². The monoisotopic (exact) mass is 250 g/mol. The molecule has 3 aliphatic rings. The Balaban J connectivity index is 1.54. The van der Waals surface area contributed by atoms with Gasteiger partial charge in [0, 0.05) is 18.6 Å². The summed E-state index contributed by atoms with van der Waals surface area (Å²) in [6.07, 6.45) is 11.6. The lowest BCUT2D eigenvalue weighted by molar-refractivity contribution is 0.0912. The maximum atomic E-state index is 3.77. The molecule has 0 amide bonds. The highest BCUT2D eigenvalue weighted by atomic mass is 15.2. The zero-order chi connectivity index (χ0) is 12.4. The highest BCUT2D eigenvalue weighted by Gasteiger charge is 2.36. The van der Waals surface area contributed by atoms with Crippen molar-refractivity contribution in [3.8, 4) is 0 Å². The number of rotatable bonds is 3. The minimum absolute atomic E-state index is 0.781. The normalized spacial score (nSPS) is 41.8. The lowest BCUT2D eigenvalue weighted by Gasteiger charge is -2.41. The van der Waals surface area contributed by atoms with Gasteiger partial charge in [0.1, 0.15) is 0 Å². The van der Waals surface area contributed by atoms with E-state index < -0.39 is 0 Å². The quantitative estimate of drug-likeness (QED) is 0.828. The number of hydrogen-bond acceptors (Lipinski definition) is 2. The van der Waals surface area contributed by atoms with Crippen molar-refractivity contribution in [1.29, 1.82) is 0 Å². The van der Waals surface area contributed by atoms with Crippen molar-refractivity contribution in [2.75, 3.05) is 19.6 Å². The molecule has 1 saturated carbocycles. The van der Waals surface area contributed by atoms with Crippen LogP contribution in [0.15, 0.2) is 0 Å². The molecule has 3 rings (SSSR count). The number of nitrogens with one attached hydrogen (secondary N) is 1. The maximum absolute atomic E-state index is 3.77. The summed E-state index contributed by atoms with van der Waals surface area (Å²) >= 11 is 0. The third-order valence-corrected chi connectivity index (χ3v) is 5.74. The van der Waals surface area contributed by atoms with Gasteiger partial charge < -0.3 is 5.32 Å². The number of likely N-dealkylation sites (tertiary alicyclic amines) is 1. The summed E-state index contributed by atoms with van der Waals surface area (Å²) in [5, 5.41) is 3.77. The molecule has 1 N–H and O–H groups in total. The lowest BCUT2D eigenvalue weighted by atomic mass is 9.88. The summed E-state index contributed by atoms with van der Waals surface area (Å²) in [4.78, 5) is 2.84. The van der Waals surface area contributed by atoms with E-state index in [1.165, 1.54) is 71.0 Å². The van der Waals surface area contributed by atoms with E-state index in [0.29, 0.717) is 0 Å². The van der Waals surface area contributed by atoms with Crippen LogP contribution in [0, 0.1) is 11.8 Å². The Morgan fingerprint density at radius 3 is 2.89 bits per heavy atom. The first-order valence-corrected chi connectivity index (χ1v) is 8.34. The van der Waals surface area contributed by atoms with Gasteiger partial charge in [-0.1, -0.05) is 19.8 Å². The molecule has 2 heteroatoms. The molecule has 0 aromatic heterocycles. The Morgan fingerprint density at radius 1 is 1.11 bits per heavy atom. The summed E-state index contributed by atoms with van der Waals surface area (Å²) in [7, 11) is 0. The summed E-state index contributed by atoms with van der Waals surface area (Å²) in [5.41, 5.74) is 0. The van der Waals surface area contributed by atoms with Crippen molar-refractivity contribution < 1.29 is 0 Å². The average molecular weight is 250 g/mol. The third-order valence-electron chi connectivity index (χ3n) is 5.74. The van der Waals surface area contributed by atoms with E-state index in [0.717, 1.165) is 23.9 Å². The molecule has 4 atom stereocenters. The summed E-state index contributed by atoms with van der Waals surface area (Å²) in [6, 6.07) is 1.73. The Hall–Kier alpha value is -0.0800. The van der Waals surface area contributed by atoms with Crippen LogP contribution in [0.3, 0.4) is 0 Å². The van der Waals surface area contributed by atoms with Crippen molar-refractivity contribution in [3.05, 3.63) is 0 Å². The molecular weight excluding hydrogens is 220 g/mol. The summed E-state index contributed by atoms with van der Waals surface area (Å²) in [5.74, 6) is 2.03. The molecule has 0 spiro atoms. The second-order valence-corrected chi connectivity index (χ2v) is 6.85. The molecule has 2 nitrogen and oxygen atoms in total. The third kappa shape index (κ3) is 2.75. The van der Waals surface area contributed by atoms with Gasteiger partial charge >= 0.3 is 0 Å². The van der Waals surface area contributed by atoms with Crippen LogP contribution in [0.1, 0.15) is 58.3 Å². The highest BCUT2D eigenvalue weighted by molar-refractivity contribution is 4.91. The molecule has 3 fully saturated rings. The van der Waals surface area contributed by atoms with Crippen molar-refractivity contribution in [1.82, 2.24) is 10.2 Å². The molecule has 0 aromatic rings. The molecule has 0 radical (unpaired) electrons. The van der Waals surface area contributed by atoms with Crippen molar-refractivity contribution in [2.24, 2.45) is 11.8 Å². The van der Waals surface area contributed by atoms with E-state index in [4.69, 9.17) is 0 Å². The fourth-order valence-electron chi connectivity index (χ4n) is 4.67. The van der Waals surface area contributed by atoms with Gasteiger partial charge in [-0.05, 0) is 63.5 Å². The molecule has 4 unspecified atom stereocenters. The van der Waals surface area contributed by atoms with Crippen LogP contribution < -0.4 is 5.32 Å². The van der Waals surface area contributed by atoms with Gasteiger partial charge in [-0.15, -0.1) is 0 Å². The van der Waals surface area contributed by atoms with Crippen molar-refractivity contribution in [2.45, 2.75) is 70.4 Å². The SMILES string of the molecule is CCC1CCNC(CN2CCCC3CCCC32)C1. The highest BCUT2D eigenvalue weighted by Crippen LogP contribution is 2.37. The smallest absolute Gasteiger partial charge is 0.0197 e. The maximum Gasteiger partial charge on any atom is 0.0197 e. The van der Waals surface area contributed by atoms with E-state index in [9.17, 15) is 0 Å². The molecule has 2 aliphatic heterocycles. The Morgan fingerprint density at radius 2 is 2.00 bits per heavy atom. The second kappa shape index (κ2) is 5.92. The minimum atomic E-state index is 0.781. The number of hydrogen-bond donors (Lipinski definition) is 1. The van der Waals surface area contributed by atoms with E-state index >= 15 is 0 Å². The van der Waals surface area contributed by atoms with Crippen molar-refractivity contribution in [3.63, 3.8) is 0 Å². The first-order chi connectivity index (χ1) is 8.86. The van der Waals surface area contributed by atoms with Gasteiger partial charge in [0.05, 0.1) is 0 Å². The van der Waals surface area contributed by atoms with Gasteiger partial charge in [-0.25, -0.2) is 0 Å². The fraction of sp³-hybridized carbons (Fsp3) is 1.00. The van der Waals surface area contributed by atoms with Crippen LogP contribution in [0.5, 0.6) is 0 Å². The van der Waals surface area contributed by atoms with E-state index in [1.54, 1.807) is 0 Å². The summed E-state index contributed by atoms with van der Waals surface area (Å²) in [6.45, 7) is 6.32. The molecule has 1 aliphatic carbocycles. The van der Waals surface area contributed by atoms with Gasteiger partial charge in [-0.3, -0.25) is 4.90 Å². The van der Waals surface area contributed by atoms with Crippen LogP contribution in [0.25, 0.3) is 0 Å². The van der Waals surface area contributed by atoms with E-state index in [1.807, 2.05) is 0 Å². The Labute approximate surface area is 113 Å². The number of piperidine rings is 2. The fourth-order valence-corrected chi connectivity index (χ4v) is 4.67. The Kier molecular flexibility index (Phi) is 4.25. The van der Waals surface area contributed by atoms with Crippen LogP contribution in [0.4, 0.5) is 0 Å². The minimum Gasteiger partial charge on any atom is -0.313 e. The standard InChI is InChI=1S/C16H30N2/c1-2-13-8-9-17-15(11-13)12-18-10-4-6-14-5-3-7-16(14)18/h13-17H,2-12H2,1H3. The number of fused-ring (bicyclic) bond motifs is 1. The molecule has 2 heterocycles. The Bertz CT molecular complexity index is 266. The average Bonchev–Trinajstić information content (AvgIpc) is 2.88. The van der Waals surface area contributed by atoms with Crippen LogP contribution in [-0.2, 0) is 0 Å². The van der Waals surface area contributed by atoms with Crippen LogP contribution in [-0.4, -0.2) is 36.6 Å². The van der Waals surface area contributed by atoms with Crippen LogP contribution >= 0.6 is 0 Å².